The quantitative estimate of drug-likeness (QED) is 0.202. The summed E-state index contributed by atoms with van der Waals surface area (Å²) >= 11 is 0. The van der Waals surface area contributed by atoms with Gasteiger partial charge in [-0.05, 0) is 25.7 Å². The molecule has 0 aromatic rings. The molecule has 0 bridgehead atoms. The first-order valence-electron chi connectivity index (χ1n) is 11.1. The van der Waals surface area contributed by atoms with Crippen LogP contribution in [0.2, 0.25) is 0 Å². The Labute approximate surface area is 182 Å². The van der Waals surface area contributed by atoms with E-state index >= 15 is 0 Å². The number of aliphatic hydroxyl groups is 4. The molecule has 0 rings (SSSR count). The Morgan fingerprint density at radius 3 is 1.10 bits per heavy atom. The van der Waals surface area contributed by atoms with Crippen molar-refractivity contribution in [2.24, 2.45) is 0 Å². The lowest BCUT2D eigenvalue weighted by molar-refractivity contribution is -0.0309. The van der Waals surface area contributed by atoms with E-state index in [0.717, 1.165) is 0 Å². The Kier molecular flexibility index (Phi) is 16.3. The van der Waals surface area contributed by atoms with Crippen LogP contribution >= 0.6 is 8.25 Å². The fourth-order valence-corrected chi connectivity index (χ4v) is 4.82. The molecule has 0 aromatic carbocycles. The van der Waals surface area contributed by atoms with Gasteiger partial charge in [-0.2, -0.15) is 0 Å². The van der Waals surface area contributed by atoms with Crippen molar-refractivity contribution in [3.8, 4) is 0 Å². The van der Waals surface area contributed by atoms with Gasteiger partial charge in [0.05, 0.1) is 26.4 Å². The molecule has 0 amide bonds. The molecule has 0 atom stereocenters. The summed E-state index contributed by atoms with van der Waals surface area (Å²) in [6.07, 6.45) is 2.42. The molecule has 10 heteroatoms. The van der Waals surface area contributed by atoms with Crippen LogP contribution in [0.5, 0.6) is 0 Å². The summed E-state index contributed by atoms with van der Waals surface area (Å²) in [6.45, 7) is 10.1. The average molecular weight is 456 g/mol. The Morgan fingerprint density at radius 2 is 0.900 bits per heavy atom. The maximum atomic E-state index is 13.0. The lowest BCUT2D eigenvalue weighted by Gasteiger charge is -2.34. The second-order valence-corrected chi connectivity index (χ2v) is 8.45. The van der Waals surface area contributed by atoms with E-state index in [1.54, 1.807) is 0 Å². The van der Waals surface area contributed by atoms with Gasteiger partial charge >= 0.3 is 8.25 Å². The van der Waals surface area contributed by atoms with Crippen molar-refractivity contribution < 1.29 is 34.0 Å². The summed E-state index contributed by atoms with van der Waals surface area (Å²) in [6, 6.07) is 0. The average Bonchev–Trinajstić information content (AvgIpc) is 2.73. The molecular weight excluding hydrogens is 411 g/mol. The molecule has 0 heterocycles. The summed E-state index contributed by atoms with van der Waals surface area (Å²) < 4.78 is 24.9. The van der Waals surface area contributed by atoms with Gasteiger partial charge in [-0.25, -0.2) is 0 Å². The second-order valence-electron chi connectivity index (χ2n) is 7.63. The number of nitrogens with zero attached hydrogens (tertiary/aromatic N) is 2. The lowest BCUT2D eigenvalue weighted by atomic mass is 9.97. The maximum absolute atomic E-state index is 13.0. The Hall–Kier alpha value is -0.220. The molecule has 0 saturated carbocycles. The topological polar surface area (TPSA) is 123 Å². The Morgan fingerprint density at radius 1 is 0.633 bits per heavy atom. The van der Waals surface area contributed by atoms with E-state index in [0.29, 0.717) is 65.0 Å². The van der Waals surface area contributed by atoms with E-state index in [2.05, 4.69) is 0 Å². The SMILES string of the molecule is CCC(CC)(CN(CCO)CCO)O[P+](=O)OC(CC)(CC)CN(CCO)CCO. The van der Waals surface area contributed by atoms with Crippen LogP contribution in [-0.2, 0) is 13.6 Å². The summed E-state index contributed by atoms with van der Waals surface area (Å²) in [5, 5.41) is 37.2. The molecule has 180 valence electrons. The number of hydrogen-bond acceptors (Lipinski definition) is 9. The van der Waals surface area contributed by atoms with Crippen molar-refractivity contribution in [3.63, 3.8) is 0 Å². The molecule has 0 aliphatic carbocycles. The molecule has 30 heavy (non-hydrogen) atoms. The number of rotatable bonds is 20. The molecule has 0 aromatic heterocycles. The van der Waals surface area contributed by atoms with E-state index in [1.165, 1.54) is 0 Å². The minimum Gasteiger partial charge on any atom is -0.395 e. The Balaban J connectivity index is 5.35. The minimum atomic E-state index is -2.43. The van der Waals surface area contributed by atoms with Gasteiger partial charge in [0.15, 0.2) is 0 Å². The van der Waals surface area contributed by atoms with E-state index in [4.69, 9.17) is 9.05 Å². The summed E-state index contributed by atoms with van der Waals surface area (Å²) in [5.41, 5.74) is -1.44. The van der Waals surface area contributed by atoms with Gasteiger partial charge < -0.3 is 20.4 Å². The highest BCUT2D eigenvalue weighted by Gasteiger charge is 2.46. The van der Waals surface area contributed by atoms with Crippen molar-refractivity contribution in [1.82, 2.24) is 9.80 Å². The van der Waals surface area contributed by atoms with Gasteiger partial charge in [0.2, 0.25) is 0 Å². The van der Waals surface area contributed by atoms with E-state index in [9.17, 15) is 25.0 Å². The smallest absolute Gasteiger partial charge is 0.395 e. The predicted molar refractivity (Wildman–Crippen MR) is 118 cm³/mol. The third-order valence-corrected chi connectivity index (χ3v) is 6.87. The monoisotopic (exact) mass is 455 g/mol. The molecular formula is C20H44N2O7P+. The second kappa shape index (κ2) is 16.4. The van der Waals surface area contributed by atoms with Crippen molar-refractivity contribution in [2.45, 2.75) is 64.6 Å². The summed E-state index contributed by atoms with van der Waals surface area (Å²) in [4.78, 5) is 3.79. The van der Waals surface area contributed by atoms with Crippen LogP contribution in [0.15, 0.2) is 0 Å². The Bertz CT molecular complexity index is 399. The fraction of sp³-hybridized carbons (Fsp3) is 1.00. The van der Waals surface area contributed by atoms with Crippen molar-refractivity contribution in [3.05, 3.63) is 0 Å². The normalized spacial score (nSPS) is 12.9. The molecule has 0 unspecified atom stereocenters. The van der Waals surface area contributed by atoms with E-state index in [-0.39, 0.29) is 26.4 Å². The maximum Gasteiger partial charge on any atom is 0.698 e. The van der Waals surface area contributed by atoms with Gasteiger partial charge in [0.25, 0.3) is 0 Å². The minimum absolute atomic E-state index is 0.0352. The van der Waals surface area contributed by atoms with Gasteiger partial charge in [0, 0.05) is 43.8 Å². The lowest BCUT2D eigenvalue weighted by Crippen LogP contribution is -2.47. The van der Waals surface area contributed by atoms with Gasteiger partial charge in [-0.15, -0.1) is 9.05 Å². The number of aliphatic hydroxyl groups excluding tert-OH is 4. The third-order valence-electron chi connectivity index (χ3n) is 5.80. The van der Waals surface area contributed by atoms with E-state index < -0.39 is 19.5 Å². The van der Waals surface area contributed by atoms with Gasteiger partial charge in [-0.3, -0.25) is 9.80 Å². The zero-order chi connectivity index (χ0) is 23.0. The predicted octanol–water partition coefficient (Wildman–Crippen LogP) is 1.37. The zero-order valence-corrected chi connectivity index (χ0v) is 20.1. The third kappa shape index (κ3) is 10.4. The first-order valence-corrected chi connectivity index (χ1v) is 12.2. The number of hydrogen-bond donors (Lipinski definition) is 4. The highest BCUT2D eigenvalue weighted by molar-refractivity contribution is 7.33. The molecule has 0 aliphatic heterocycles. The van der Waals surface area contributed by atoms with Crippen molar-refractivity contribution in [2.75, 3.05) is 65.7 Å². The molecule has 0 saturated heterocycles. The largest absolute Gasteiger partial charge is 0.698 e. The molecule has 0 radical (unpaired) electrons. The van der Waals surface area contributed by atoms with Crippen LogP contribution < -0.4 is 0 Å². The van der Waals surface area contributed by atoms with Gasteiger partial charge in [0.1, 0.15) is 11.2 Å². The van der Waals surface area contributed by atoms with E-state index in [1.807, 2.05) is 37.5 Å². The highest BCUT2D eigenvalue weighted by Crippen LogP contribution is 2.41. The van der Waals surface area contributed by atoms with Crippen LogP contribution in [0.4, 0.5) is 0 Å². The summed E-state index contributed by atoms with van der Waals surface area (Å²) in [5.74, 6) is 0. The molecule has 0 aliphatic rings. The summed E-state index contributed by atoms with van der Waals surface area (Å²) in [7, 11) is -2.43. The van der Waals surface area contributed by atoms with Crippen LogP contribution in [0.3, 0.4) is 0 Å². The molecule has 0 fully saturated rings. The van der Waals surface area contributed by atoms with Crippen molar-refractivity contribution in [1.29, 1.82) is 0 Å². The van der Waals surface area contributed by atoms with Crippen LogP contribution in [0.25, 0.3) is 0 Å². The fourth-order valence-electron chi connectivity index (χ4n) is 3.52. The molecule has 4 N–H and O–H groups in total. The van der Waals surface area contributed by atoms with Gasteiger partial charge in [-0.1, -0.05) is 27.7 Å². The molecule has 0 spiro atoms. The van der Waals surface area contributed by atoms with Crippen LogP contribution in [-0.4, -0.2) is 107 Å². The first-order chi connectivity index (χ1) is 14.3. The van der Waals surface area contributed by atoms with Crippen LogP contribution in [0.1, 0.15) is 53.4 Å². The molecule has 9 nitrogen and oxygen atoms in total. The highest BCUT2D eigenvalue weighted by atomic mass is 31.1. The first kappa shape index (κ1) is 29.8. The standard InChI is InChI=1S/C20H44N2O7P/c1-5-19(6-2,17-21(9-13-23)10-14-24)28-30(27)29-20(7-3,8-4)18-22(11-15-25)12-16-26/h23-26H,5-18H2,1-4H3/q+1. The van der Waals surface area contributed by atoms with Crippen molar-refractivity contribution >= 4 is 8.25 Å². The zero-order valence-electron chi connectivity index (χ0n) is 19.3. The van der Waals surface area contributed by atoms with Crippen LogP contribution in [0, 0.1) is 0 Å².